The van der Waals surface area contributed by atoms with E-state index in [0.29, 0.717) is 30.2 Å². The molecule has 1 aromatic heterocycles. The van der Waals surface area contributed by atoms with E-state index >= 15 is 0 Å². The van der Waals surface area contributed by atoms with Crippen molar-refractivity contribution in [3.8, 4) is 0 Å². The van der Waals surface area contributed by atoms with E-state index in [-0.39, 0.29) is 5.91 Å². The molecule has 0 fully saturated rings. The van der Waals surface area contributed by atoms with E-state index in [1.165, 1.54) is 0 Å². The first-order valence-electron chi connectivity index (χ1n) is 8.11. The molecule has 5 nitrogen and oxygen atoms in total. The van der Waals surface area contributed by atoms with Gasteiger partial charge in [-0.15, -0.1) is 5.10 Å². The second-order valence-corrected chi connectivity index (χ2v) is 6.17. The largest absolute Gasteiger partial charge is 0.350 e. The van der Waals surface area contributed by atoms with E-state index < -0.39 is 0 Å². The molecule has 1 amide bonds. The average Bonchev–Trinajstić information content (AvgIpc) is 2.98. The number of amides is 1. The number of carbonyl (C=O) groups is 1. The summed E-state index contributed by atoms with van der Waals surface area (Å²) in [5.74, 6) is -0.219. The molecule has 0 spiro atoms. The zero-order valence-corrected chi connectivity index (χ0v) is 14.7. The van der Waals surface area contributed by atoms with E-state index in [2.05, 4.69) is 15.6 Å². The molecule has 0 unspecified atom stereocenters. The maximum Gasteiger partial charge on any atom is 0.273 e. The van der Waals surface area contributed by atoms with Crippen LogP contribution in [0.3, 0.4) is 0 Å². The van der Waals surface area contributed by atoms with Gasteiger partial charge >= 0.3 is 0 Å². The lowest BCUT2D eigenvalue weighted by Gasteiger charge is -2.06. The number of hydrogen-bond acceptors (Lipinski definition) is 3. The van der Waals surface area contributed by atoms with Gasteiger partial charge in [0.1, 0.15) is 0 Å². The number of carbonyl (C=O) groups excluding carboxylic acids is 1. The third-order valence-electron chi connectivity index (χ3n) is 4.01. The van der Waals surface area contributed by atoms with Crippen LogP contribution in [0, 0.1) is 6.92 Å². The number of rotatable bonds is 6. The summed E-state index contributed by atoms with van der Waals surface area (Å²) in [5, 5.41) is 11.7. The van der Waals surface area contributed by atoms with Crippen LogP contribution in [0.2, 0.25) is 5.02 Å². The van der Waals surface area contributed by atoms with Gasteiger partial charge in [-0.05, 0) is 30.5 Å². The summed E-state index contributed by atoms with van der Waals surface area (Å²) in [6.07, 6.45) is 0.669. The molecule has 3 aromatic rings. The van der Waals surface area contributed by atoms with Crippen molar-refractivity contribution >= 4 is 17.5 Å². The van der Waals surface area contributed by atoms with Crippen LogP contribution in [-0.4, -0.2) is 27.4 Å². The van der Waals surface area contributed by atoms with Gasteiger partial charge in [0.15, 0.2) is 5.69 Å². The van der Waals surface area contributed by atoms with Gasteiger partial charge in [-0.2, -0.15) is 0 Å². The predicted molar refractivity (Wildman–Crippen MR) is 97.8 cm³/mol. The molecule has 0 aliphatic rings. The summed E-state index contributed by atoms with van der Waals surface area (Å²) in [6, 6.07) is 17.6. The number of nitrogens with one attached hydrogen (secondary N) is 1. The molecule has 1 heterocycles. The summed E-state index contributed by atoms with van der Waals surface area (Å²) >= 11 is 6.12. The van der Waals surface area contributed by atoms with Gasteiger partial charge in [-0.3, -0.25) is 4.79 Å². The van der Waals surface area contributed by atoms with Gasteiger partial charge in [-0.25, -0.2) is 4.68 Å². The minimum atomic E-state index is -0.219. The van der Waals surface area contributed by atoms with Crippen LogP contribution < -0.4 is 5.32 Å². The molecule has 0 bridgehead atoms. The molecular formula is C19H19ClN4O. The highest BCUT2D eigenvalue weighted by atomic mass is 35.5. The number of hydrogen-bond donors (Lipinski definition) is 1. The van der Waals surface area contributed by atoms with E-state index in [1.54, 1.807) is 4.68 Å². The molecule has 0 aliphatic carbocycles. The van der Waals surface area contributed by atoms with Gasteiger partial charge in [0, 0.05) is 11.6 Å². The van der Waals surface area contributed by atoms with Crippen LogP contribution in [0.15, 0.2) is 54.6 Å². The van der Waals surface area contributed by atoms with Crippen LogP contribution in [-0.2, 0) is 13.0 Å². The number of nitrogens with zero attached hydrogens (tertiary/aromatic N) is 3. The lowest BCUT2D eigenvalue weighted by atomic mass is 10.1. The maximum absolute atomic E-state index is 12.3. The monoisotopic (exact) mass is 354 g/mol. The van der Waals surface area contributed by atoms with Crippen LogP contribution in [0.25, 0.3) is 0 Å². The molecule has 0 saturated heterocycles. The zero-order chi connectivity index (χ0) is 17.6. The third-order valence-corrected chi connectivity index (χ3v) is 4.38. The SMILES string of the molecule is Cc1c(C(=O)NCCc2ccccc2Cl)nnn1Cc1ccccc1. The first-order chi connectivity index (χ1) is 12.1. The first kappa shape index (κ1) is 17.2. The summed E-state index contributed by atoms with van der Waals surface area (Å²) in [5.41, 5.74) is 3.23. The maximum atomic E-state index is 12.3. The van der Waals surface area contributed by atoms with Crippen molar-refractivity contribution < 1.29 is 4.79 Å². The van der Waals surface area contributed by atoms with Gasteiger partial charge in [0.2, 0.25) is 0 Å². The van der Waals surface area contributed by atoms with Crippen molar-refractivity contribution in [3.63, 3.8) is 0 Å². The molecule has 0 atom stereocenters. The molecule has 0 saturated carbocycles. The van der Waals surface area contributed by atoms with E-state index in [4.69, 9.17) is 11.6 Å². The molecular weight excluding hydrogens is 336 g/mol. The fourth-order valence-corrected chi connectivity index (χ4v) is 2.80. The molecule has 25 heavy (non-hydrogen) atoms. The van der Waals surface area contributed by atoms with Gasteiger partial charge in [0.25, 0.3) is 5.91 Å². The minimum absolute atomic E-state index is 0.219. The Labute approximate surface area is 151 Å². The lowest BCUT2D eigenvalue weighted by molar-refractivity contribution is 0.0948. The average molecular weight is 355 g/mol. The smallest absolute Gasteiger partial charge is 0.273 e. The van der Waals surface area contributed by atoms with E-state index in [1.807, 2.05) is 61.5 Å². The Bertz CT molecular complexity index is 861. The second kappa shape index (κ2) is 7.94. The van der Waals surface area contributed by atoms with Crippen molar-refractivity contribution in [2.45, 2.75) is 19.9 Å². The van der Waals surface area contributed by atoms with Crippen LogP contribution >= 0.6 is 11.6 Å². The fourth-order valence-electron chi connectivity index (χ4n) is 2.57. The minimum Gasteiger partial charge on any atom is -0.350 e. The molecule has 128 valence electrons. The van der Waals surface area contributed by atoms with Gasteiger partial charge in [0.05, 0.1) is 12.2 Å². The summed E-state index contributed by atoms with van der Waals surface area (Å²) in [7, 11) is 0. The van der Waals surface area contributed by atoms with Crippen LogP contribution in [0.5, 0.6) is 0 Å². The molecule has 0 aliphatic heterocycles. The number of benzene rings is 2. The Morgan fingerprint density at radius 2 is 1.84 bits per heavy atom. The van der Waals surface area contributed by atoms with Crippen molar-refractivity contribution in [1.29, 1.82) is 0 Å². The normalized spacial score (nSPS) is 10.6. The van der Waals surface area contributed by atoms with Gasteiger partial charge < -0.3 is 5.32 Å². The van der Waals surface area contributed by atoms with Gasteiger partial charge in [-0.1, -0.05) is 65.3 Å². The number of halogens is 1. The van der Waals surface area contributed by atoms with Crippen molar-refractivity contribution in [2.75, 3.05) is 6.54 Å². The first-order valence-corrected chi connectivity index (χ1v) is 8.48. The summed E-state index contributed by atoms with van der Waals surface area (Å²) < 4.78 is 1.73. The Balaban J connectivity index is 1.60. The quantitative estimate of drug-likeness (QED) is 0.739. The Morgan fingerprint density at radius 1 is 1.12 bits per heavy atom. The van der Waals surface area contributed by atoms with Crippen molar-refractivity contribution in [2.24, 2.45) is 0 Å². The highest BCUT2D eigenvalue weighted by Crippen LogP contribution is 2.15. The fraction of sp³-hybridized carbons (Fsp3) is 0.211. The lowest BCUT2D eigenvalue weighted by Crippen LogP contribution is -2.27. The molecule has 0 radical (unpaired) electrons. The molecule has 6 heteroatoms. The molecule has 1 N–H and O–H groups in total. The van der Waals surface area contributed by atoms with Crippen LogP contribution in [0.4, 0.5) is 0 Å². The topological polar surface area (TPSA) is 59.8 Å². The number of aromatic nitrogens is 3. The second-order valence-electron chi connectivity index (χ2n) is 5.76. The highest BCUT2D eigenvalue weighted by Gasteiger charge is 2.16. The summed E-state index contributed by atoms with van der Waals surface area (Å²) in [4.78, 5) is 12.3. The zero-order valence-electron chi connectivity index (χ0n) is 13.9. The Kier molecular flexibility index (Phi) is 5.46. The highest BCUT2D eigenvalue weighted by molar-refractivity contribution is 6.31. The third kappa shape index (κ3) is 4.25. The molecule has 3 rings (SSSR count). The molecule has 2 aromatic carbocycles. The van der Waals surface area contributed by atoms with Crippen LogP contribution in [0.1, 0.15) is 27.3 Å². The van der Waals surface area contributed by atoms with Crippen molar-refractivity contribution in [3.05, 3.63) is 82.1 Å². The van der Waals surface area contributed by atoms with E-state index in [9.17, 15) is 4.79 Å². The predicted octanol–water partition coefficient (Wildman–Crippen LogP) is 3.26. The van der Waals surface area contributed by atoms with E-state index in [0.717, 1.165) is 16.8 Å². The Hall–Kier alpha value is -2.66. The Morgan fingerprint density at radius 3 is 2.60 bits per heavy atom. The summed E-state index contributed by atoms with van der Waals surface area (Å²) in [6.45, 7) is 2.94. The van der Waals surface area contributed by atoms with Crippen molar-refractivity contribution in [1.82, 2.24) is 20.3 Å². The standard InChI is InChI=1S/C19H19ClN4O/c1-14-18(22-23-24(14)13-15-7-3-2-4-8-15)19(25)21-12-11-16-9-5-6-10-17(16)20/h2-10H,11-13H2,1H3,(H,21,25).